The molecule has 0 aromatic carbocycles. The van der Waals surface area contributed by atoms with Gasteiger partial charge in [-0.15, -0.1) is 0 Å². The third-order valence-electron chi connectivity index (χ3n) is 2.49. The minimum Gasteiger partial charge on any atom is -0.330 e. The number of hydrogen-bond acceptors (Lipinski definition) is 2. The van der Waals surface area contributed by atoms with Crippen LogP contribution in [-0.2, 0) is 0 Å². The smallest absolute Gasteiger partial charge is 0.0385 e. The molecule has 2 nitrogen and oxygen atoms in total. The first-order valence-corrected chi connectivity index (χ1v) is 5.90. The van der Waals surface area contributed by atoms with Gasteiger partial charge in [-0.25, -0.2) is 0 Å². The van der Waals surface area contributed by atoms with Crippen LogP contribution in [0.4, 0.5) is 0 Å². The largest absolute Gasteiger partial charge is 0.330 e. The maximum Gasteiger partial charge on any atom is 0.0385 e. The van der Waals surface area contributed by atoms with Gasteiger partial charge in [-0.3, -0.25) is 4.99 Å². The number of unbranched alkanes of at least 4 members (excludes halogenated alkanes) is 1. The summed E-state index contributed by atoms with van der Waals surface area (Å²) in [5.41, 5.74) is 6.87. The maximum atomic E-state index is 5.56. The fourth-order valence-electron chi connectivity index (χ4n) is 1.37. The van der Waals surface area contributed by atoms with E-state index in [9.17, 15) is 0 Å². The Labute approximate surface area is 89.0 Å². The first-order valence-electron chi connectivity index (χ1n) is 5.90. The monoisotopic (exact) mass is 198 g/mol. The Morgan fingerprint density at radius 1 is 1.36 bits per heavy atom. The van der Waals surface area contributed by atoms with E-state index < -0.39 is 0 Å². The van der Waals surface area contributed by atoms with Crippen molar-refractivity contribution in [3.8, 4) is 0 Å². The SMILES string of the molecule is CCCN=C(C)CCCC[C@H](C)CN. The van der Waals surface area contributed by atoms with Gasteiger partial charge in [0.05, 0.1) is 0 Å². The van der Waals surface area contributed by atoms with Crippen LogP contribution < -0.4 is 5.73 Å². The Morgan fingerprint density at radius 3 is 2.64 bits per heavy atom. The zero-order valence-corrected chi connectivity index (χ0v) is 10.1. The molecule has 0 radical (unpaired) electrons. The van der Waals surface area contributed by atoms with Crippen molar-refractivity contribution in [2.45, 2.75) is 52.9 Å². The van der Waals surface area contributed by atoms with Gasteiger partial charge in [0.25, 0.3) is 0 Å². The molecule has 0 saturated carbocycles. The number of aliphatic imine (C=N–C) groups is 1. The van der Waals surface area contributed by atoms with Crippen molar-refractivity contribution in [1.82, 2.24) is 0 Å². The summed E-state index contributed by atoms with van der Waals surface area (Å²) in [4.78, 5) is 4.47. The van der Waals surface area contributed by atoms with E-state index in [4.69, 9.17) is 5.73 Å². The zero-order chi connectivity index (χ0) is 10.8. The first-order chi connectivity index (χ1) is 6.70. The highest BCUT2D eigenvalue weighted by Gasteiger charge is 1.98. The molecule has 0 aliphatic carbocycles. The molecule has 2 N–H and O–H groups in total. The van der Waals surface area contributed by atoms with Crippen LogP contribution >= 0.6 is 0 Å². The number of nitrogens with two attached hydrogens (primary N) is 1. The molecule has 84 valence electrons. The second kappa shape index (κ2) is 9.20. The van der Waals surface area contributed by atoms with Gasteiger partial charge in [0.1, 0.15) is 0 Å². The van der Waals surface area contributed by atoms with Gasteiger partial charge in [0.2, 0.25) is 0 Å². The Kier molecular flexibility index (Phi) is 8.95. The van der Waals surface area contributed by atoms with Crippen LogP contribution in [0.5, 0.6) is 0 Å². The van der Waals surface area contributed by atoms with E-state index in [2.05, 4.69) is 25.8 Å². The predicted octanol–water partition coefficient (Wildman–Crippen LogP) is 3.01. The van der Waals surface area contributed by atoms with Crippen molar-refractivity contribution >= 4 is 5.71 Å². The highest BCUT2D eigenvalue weighted by molar-refractivity contribution is 5.81. The van der Waals surface area contributed by atoms with Crippen molar-refractivity contribution in [3.05, 3.63) is 0 Å². The topological polar surface area (TPSA) is 38.4 Å². The van der Waals surface area contributed by atoms with Gasteiger partial charge in [0.15, 0.2) is 0 Å². The quantitative estimate of drug-likeness (QED) is 0.472. The standard InChI is InChI=1S/C12H26N2/c1-4-9-14-12(3)8-6-5-7-11(2)10-13/h11H,4-10,13H2,1-3H3/t11-/m0/s1. The molecule has 0 amide bonds. The molecular weight excluding hydrogens is 172 g/mol. The fraction of sp³-hybridized carbons (Fsp3) is 0.917. The molecule has 0 fully saturated rings. The van der Waals surface area contributed by atoms with Crippen molar-refractivity contribution in [1.29, 1.82) is 0 Å². The summed E-state index contributed by atoms with van der Waals surface area (Å²) in [7, 11) is 0. The van der Waals surface area contributed by atoms with E-state index in [1.54, 1.807) is 0 Å². The lowest BCUT2D eigenvalue weighted by atomic mass is 10.0. The molecule has 14 heavy (non-hydrogen) atoms. The van der Waals surface area contributed by atoms with Gasteiger partial charge >= 0.3 is 0 Å². The molecule has 2 heteroatoms. The Bertz CT molecular complexity index is 152. The Balaban J connectivity index is 3.35. The van der Waals surface area contributed by atoms with Crippen molar-refractivity contribution in [2.24, 2.45) is 16.6 Å². The second-order valence-corrected chi connectivity index (χ2v) is 4.20. The van der Waals surface area contributed by atoms with Crippen LogP contribution in [0.3, 0.4) is 0 Å². The summed E-state index contributed by atoms with van der Waals surface area (Å²) < 4.78 is 0. The summed E-state index contributed by atoms with van der Waals surface area (Å²) in [5.74, 6) is 0.683. The lowest BCUT2D eigenvalue weighted by molar-refractivity contribution is 0.511. The average molecular weight is 198 g/mol. The number of hydrogen-bond donors (Lipinski definition) is 1. The minimum atomic E-state index is 0.683. The molecule has 0 bridgehead atoms. The molecule has 1 atom stereocenters. The lowest BCUT2D eigenvalue weighted by Crippen LogP contribution is -2.10. The predicted molar refractivity (Wildman–Crippen MR) is 65.0 cm³/mol. The summed E-state index contributed by atoms with van der Waals surface area (Å²) in [6, 6.07) is 0. The van der Waals surface area contributed by atoms with Crippen LogP contribution in [0.15, 0.2) is 4.99 Å². The van der Waals surface area contributed by atoms with Crippen LogP contribution in [0.2, 0.25) is 0 Å². The molecular formula is C12H26N2. The van der Waals surface area contributed by atoms with Crippen LogP contribution in [0.25, 0.3) is 0 Å². The average Bonchev–Trinajstić information content (AvgIpc) is 2.21. The highest BCUT2D eigenvalue weighted by atomic mass is 14.7. The summed E-state index contributed by atoms with van der Waals surface area (Å²) in [5, 5.41) is 0. The van der Waals surface area contributed by atoms with E-state index in [1.807, 2.05) is 0 Å². The van der Waals surface area contributed by atoms with E-state index >= 15 is 0 Å². The first kappa shape index (κ1) is 13.6. The minimum absolute atomic E-state index is 0.683. The third-order valence-corrected chi connectivity index (χ3v) is 2.49. The van der Waals surface area contributed by atoms with Gasteiger partial charge in [-0.2, -0.15) is 0 Å². The van der Waals surface area contributed by atoms with Crippen LogP contribution in [0.1, 0.15) is 52.9 Å². The number of rotatable bonds is 8. The molecule has 0 spiro atoms. The van der Waals surface area contributed by atoms with E-state index in [0.29, 0.717) is 5.92 Å². The van der Waals surface area contributed by atoms with Crippen molar-refractivity contribution in [2.75, 3.05) is 13.1 Å². The van der Waals surface area contributed by atoms with E-state index in [0.717, 1.165) is 25.9 Å². The molecule has 0 aliphatic heterocycles. The summed E-state index contributed by atoms with van der Waals surface area (Å²) >= 11 is 0. The molecule has 0 aromatic heterocycles. The Morgan fingerprint density at radius 2 is 2.07 bits per heavy atom. The lowest BCUT2D eigenvalue weighted by Gasteiger charge is -2.07. The molecule has 0 aromatic rings. The van der Waals surface area contributed by atoms with Gasteiger partial charge < -0.3 is 5.73 Å². The summed E-state index contributed by atoms with van der Waals surface area (Å²) in [6.45, 7) is 8.34. The van der Waals surface area contributed by atoms with Crippen molar-refractivity contribution < 1.29 is 0 Å². The van der Waals surface area contributed by atoms with Crippen LogP contribution in [-0.4, -0.2) is 18.8 Å². The molecule has 0 rings (SSSR count). The Hall–Kier alpha value is -0.370. The van der Waals surface area contributed by atoms with E-state index in [1.165, 1.54) is 25.0 Å². The van der Waals surface area contributed by atoms with Gasteiger partial charge in [0, 0.05) is 12.3 Å². The zero-order valence-electron chi connectivity index (χ0n) is 10.1. The van der Waals surface area contributed by atoms with E-state index in [-0.39, 0.29) is 0 Å². The molecule has 0 heterocycles. The maximum absolute atomic E-state index is 5.56. The highest BCUT2D eigenvalue weighted by Crippen LogP contribution is 2.08. The molecule has 0 unspecified atom stereocenters. The van der Waals surface area contributed by atoms with Gasteiger partial charge in [-0.05, 0) is 45.1 Å². The fourth-order valence-corrected chi connectivity index (χ4v) is 1.37. The normalized spacial score (nSPS) is 14.4. The van der Waals surface area contributed by atoms with Crippen LogP contribution in [0, 0.1) is 5.92 Å². The third kappa shape index (κ3) is 8.24. The van der Waals surface area contributed by atoms with Gasteiger partial charge in [-0.1, -0.05) is 20.3 Å². The number of nitrogens with zero attached hydrogens (tertiary/aromatic N) is 1. The second-order valence-electron chi connectivity index (χ2n) is 4.20. The molecule has 0 saturated heterocycles. The summed E-state index contributed by atoms with van der Waals surface area (Å²) in [6.07, 6.45) is 6.14. The molecule has 0 aliphatic rings. The van der Waals surface area contributed by atoms with Crippen molar-refractivity contribution in [3.63, 3.8) is 0 Å².